The normalized spacial score (nSPS) is 10.4. The lowest BCUT2D eigenvalue weighted by molar-refractivity contribution is 0.838. The predicted octanol–water partition coefficient (Wildman–Crippen LogP) is 3.93. The molecule has 2 heterocycles. The quantitative estimate of drug-likeness (QED) is 0.850. The molecule has 0 aliphatic heterocycles. The molecule has 0 saturated carbocycles. The van der Waals surface area contributed by atoms with Gasteiger partial charge in [0, 0.05) is 22.1 Å². The molecule has 0 spiro atoms. The van der Waals surface area contributed by atoms with Crippen LogP contribution < -0.4 is 4.90 Å². The Labute approximate surface area is 108 Å². The molecule has 2 aromatic heterocycles. The van der Waals surface area contributed by atoms with Gasteiger partial charge in [-0.2, -0.15) is 0 Å². The summed E-state index contributed by atoms with van der Waals surface area (Å²) in [6.45, 7) is 4.09. The third-order valence-corrected chi connectivity index (χ3v) is 3.66. The highest BCUT2D eigenvalue weighted by Gasteiger charge is 2.06. The number of rotatable bonds is 4. The van der Waals surface area contributed by atoms with E-state index in [1.807, 2.05) is 12.4 Å². The summed E-state index contributed by atoms with van der Waals surface area (Å²) in [5, 5.41) is 2.11. The summed E-state index contributed by atoms with van der Waals surface area (Å²) in [5.74, 6) is 0. The summed E-state index contributed by atoms with van der Waals surface area (Å²) in [6.07, 6.45) is 3.71. The molecule has 0 fully saturated rings. The molecule has 0 unspecified atom stereocenters. The predicted molar refractivity (Wildman–Crippen MR) is 73.0 cm³/mol. The van der Waals surface area contributed by atoms with Crippen molar-refractivity contribution < 1.29 is 0 Å². The Morgan fingerprint density at radius 3 is 2.94 bits per heavy atom. The van der Waals surface area contributed by atoms with Gasteiger partial charge in [-0.25, -0.2) is 0 Å². The fourth-order valence-corrected chi connectivity index (χ4v) is 2.62. The molecule has 2 aromatic rings. The highest BCUT2D eigenvalue weighted by Crippen LogP contribution is 2.21. The number of thiophene rings is 1. The molecule has 0 radical (unpaired) electrons. The van der Waals surface area contributed by atoms with Crippen molar-refractivity contribution in [1.82, 2.24) is 4.98 Å². The molecular formula is C12H13BrN2S. The lowest BCUT2D eigenvalue weighted by Gasteiger charge is -2.22. The third-order valence-electron chi connectivity index (χ3n) is 2.36. The first-order chi connectivity index (χ1) is 7.79. The van der Waals surface area contributed by atoms with Gasteiger partial charge in [-0.1, -0.05) is 6.07 Å². The highest BCUT2D eigenvalue weighted by molar-refractivity contribution is 9.10. The van der Waals surface area contributed by atoms with Gasteiger partial charge < -0.3 is 4.90 Å². The van der Waals surface area contributed by atoms with E-state index in [9.17, 15) is 0 Å². The van der Waals surface area contributed by atoms with Gasteiger partial charge in [-0.15, -0.1) is 11.3 Å². The second-order valence-corrected chi connectivity index (χ2v) is 5.40. The summed E-state index contributed by atoms with van der Waals surface area (Å²) < 4.78 is 1.02. The molecule has 2 rings (SSSR count). The van der Waals surface area contributed by atoms with E-state index >= 15 is 0 Å². The maximum Gasteiger partial charge on any atom is 0.0567 e. The zero-order valence-corrected chi connectivity index (χ0v) is 11.5. The van der Waals surface area contributed by atoms with E-state index in [0.717, 1.165) is 23.2 Å². The number of hydrogen-bond donors (Lipinski definition) is 0. The number of halogens is 1. The van der Waals surface area contributed by atoms with Crippen molar-refractivity contribution >= 4 is 33.0 Å². The number of nitrogens with zero attached hydrogens (tertiary/aromatic N) is 2. The van der Waals surface area contributed by atoms with E-state index in [0.29, 0.717) is 0 Å². The maximum absolute atomic E-state index is 4.20. The lowest BCUT2D eigenvalue weighted by atomic mass is 10.3. The molecule has 2 nitrogen and oxygen atoms in total. The summed E-state index contributed by atoms with van der Waals surface area (Å²) in [7, 11) is 0. The third kappa shape index (κ3) is 2.83. The highest BCUT2D eigenvalue weighted by atomic mass is 79.9. The van der Waals surface area contributed by atoms with Crippen molar-refractivity contribution in [3.63, 3.8) is 0 Å². The Bertz CT molecular complexity index is 442. The minimum absolute atomic E-state index is 0.951. The smallest absolute Gasteiger partial charge is 0.0567 e. The molecule has 0 bridgehead atoms. The lowest BCUT2D eigenvalue weighted by Crippen LogP contribution is -2.21. The second kappa shape index (κ2) is 5.46. The molecule has 0 atom stereocenters. The van der Waals surface area contributed by atoms with Crippen LogP contribution in [0, 0.1) is 0 Å². The maximum atomic E-state index is 4.20. The summed E-state index contributed by atoms with van der Waals surface area (Å²) >= 11 is 5.24. The topological polar surface area (TPSA) is 16.1 Å². The molecular weight excluding hydrogens is 284 g/mol. The van der Waals surface area contributed by atoms with Crippen LogP contribution in [0.2, 0.25) is 0 Å². The van der Waals surface area contributed by atoms with Gasteiger partial charge in [0.15, 0.2) is 0 Å². The largest absolute Gasteiger partial charge is 0.365 e. The summed E-state index contributed by atoms with van der Waals surface area (Å²) in [5.41, 5.74) is 1.16. The standard InChI is InChI=1S/C12H13BrN2S/c1-2-15(9-12-4-3-5-16-12)11-6-10(13)7-14-8-11/h3-8H,2,9H2,1H3. The minimum Gasteiger partial charge on any atom is -0.365 e. The van der Waals surface area contributed by atoms with Gasteiger partial charge in [-0.3, -0.25) is 4.98 Å². The van der Waals surface area contributed by atoms with E-state index in [1.165, 1.54) is 4.88 Å². The Hall–Kier alpha value is -0.870. The van der Waals surface area contributed by atoms with Crippen LogP contribution in [0.1, 0.15) is 11.8 Å². The molecule has 0 aromatic carbocycles. The van der Waals surface area contributed by atoms with E-state index in [2.05, 4.69) is 56.3 Å². The average Bonchev–Trinajstić information content (AvgIpc) is 2.78. The van der Waals surface area contributed by atoms with Gasteiger partial charge in [0.2, 0.25) is 0 Å². The van der Waals surface area contributed by atoms with Gasteiger partial charge in [0.25, 0.3) is 0 Å². The SMILES string of the molecule is CCN(Cc1cccs1)c1cncc(Br)c1. The van der Waals surface area contributed by atoms with Crippen LogP contribution in [0.5, 0.6) is 0 Å². The van der Waals surface area contributed by atoms with Crippen molar-refractivity contribution in [3.8, 4) is 0 Å². The van der Waals surface area contributed by atoms with Crippen molar-refractivity contribution in [2.45, 2.75) is 13.5 Å². The zero-order valence-electron chi connectivity index (χ0n) is 9.06. The molecule has 16 heavy (non-hydrogen) atoms. The van der Waals surface area contributed by atoms with Gasteiger partial charge >= 0.3 is 0 Å². The molecule has 0 N–H and O–H groups in total. The van der Waals surface area contributed by atoms with Crippen LogP contribution >= 0.6 is 27.3 Å². The van der Waals surface area contributed by atoms with Crippen LogP contribution in [0.15, 0.2) is 40.4 Å². The van der Waals surface area contributed by atoms with Crippen molar-refractivity contribution in [1.29, 1.82) is 0 Å². The van der Waals surface area contributed by atoms with Gasteiger partial charge in [0.05, 0.1) is 18.4 Å². The van der Waals surface area contributed by atoms with Crippen LogP contribution in [0.3, 0.4) is 0 Å². The molecule has 0 aliphatic carbocycles. The van der Waals surface area contributed by atoms with Crippen molar-refractivity contribution in [3.05, 3.63) is 45.3 Å². The Morgan fingerprint density at radius 1 is 1.44 bits per heavy atom. The Morgan fingerprint density at radius 2 is 2.31 bits per heavy atom. The minimum atomic E-state index is 0.951. The molecule has 0 saturated heterocycles. The van der Waals surface area contributed by atoms with Gasteiger partial charge in [0.1, 0.15) is 0 Å². The number of anilines is 1. The monoisotopic (exact) mass is 296 g/mol. The average molecular weight is 297 g/mol. The first kappa shape index (κ1) is 11.6. The molecule has 84 valence electrons. The summed E-state index contributed by atoms with van der Waals surface area (Å²) in [6, 6.07) is 6.36. The Kier molecular flexibility index (Phi) is 3.96. The van der Waals surface area contributed by atoms with Gasteiger partial charge in [-0.05, 0) is 40.4 Å². The molecule has 0 amide bonds. The molecule has 0 aliphatic rings. The zero-order chi connectivity index (χ0) is 11.4. The van der Waals surface area contributed by atoms with Crippen LogP contribution in [-0.4, -0.2) is 11.5 Å². The first-order valence-corrected chi connectivity index (χ1v) is 6.84. The summed E-state index contributed by atoms with van der Waals surface area (Å²) in [4.78, 5) is 7.88. The number of pyridine rings is 1. The van der Waals surface area contributed by atoms with Crippen molar-refractivity contribution in [2.75, 3.05) is 11.4 Å². The van der Waals surface area contributed by atoms with Crippen LogP contribution in [0.4, 0.5) is 5.69 Å². The van der Waals surface area contributed by atoms with E-state index in [4.69, 9.17) is 0 Å². The number of hydrogen-bond acceptors (Lipinski definition) is 3. The second-order valence-electron chi connectivity index (χ2n) is 3.45. The molecule has 4 heteroatoms. The van der Waals surface area contributed by atoms with E-state index in [1.54, 1.807) is 11.3 Å². The van der Waals surface area contributed by atoms with Crippen molar-refractivity contribution in [2.24, 2.45) is 0 Å². The fourth-order valence-electron chi connectivity index (χ4n) is 1.55. The first-order valence-electron chi connectivity index (χ1n) is 5.17. The van der Waals surface area contributed by atoms with Crippen LogP contribution in [0.25, 0.3) is 0 Å². The van der Waals surface area contributed by atoms with Crippen LogP contribution in [-0.2, 0) is 6.54 Å². The van der Waals surface area contributed by atoms with E-state index < -0.39 is 0 Å². The van der Waals surface area contributed by atoms with E-state index in [-0.39, 0.29) is 0 Å². The number of aromatic nitrogens is 1. The fraction of sp³-hybridized carbons (Fsp3) is 0.250. The Balaban J connectivity index is 2.16.